The quantitative estimate of drug-likeness (QED) is 0.786. The molecule has 0 unspecified atom stereocenters. The summed E-state index contributed by atoms with van der Waals surface area (Å²) < 4.78 is 1.83. The zero-order valence-corrected chi connectivity index (χ0v) is 11.5. The number of carbonyl (C=O) groups excluding carboxylic acids is 1. The molecule has 0 aromatic carbocycles. The lowest BCUT2D eigenvalue weighted by Crippen LogP contribution is -2.26. The lowest BCUT2D eigenvalue weighted by molar-refractivity contribution is -0.121. The molecule has 0 atom stereocenters. The molecule has 0 saturated carbocycles. The first-order valence-electron chi connectivity index (χ1n) is 6.05. The van der Waals surface area contributed by atoms with Crippen LogP contribution in [0.5, 0.6) is 0 Å². The number of carbonyl (C=O) groups is 2. The van der Waals surface area contributed by atoms with Crippen LogP contribution in [0.4, 0.5) is 0 Å². The summed E-state index contributed by atoms with van der Waals surface area (Å²) in [6, 6.07) is 0. The molecule has 0 bridgehead atoms. The van der Waals surface area contributed by atoms with Crippen molar-refractivity contribution in [2.24, 2.45) is 0 Å². The summed E-state index contributed by atoms with van der Waals surface area (Å²) in [6.45, 7) is 1.04. The van der Waals surface area contributed by atoms with Crippen LogP contribution < -0.4 is 5.32 Å². The van der Waals surface area contributed by atoms with Gasteiger partial charge in [-0.3, -0.25) is 4.79 Å². The van der Waals surface area contributed by atoms with E-state index in [-0.39, 0.29) is 11.6 Å². The smallest absolute Gasteiger partial charge is 0.355 e. The van der Waals surface area contributed by atoms with E-state index in [9.17, 15) is 9.59 Å². The van der Waals surface area contributed by atoms with Gasteiger partial charge in [0.1, 0.15) is 0 Å². The van der Waals surface area contributed by atoms with E-state index in [0.717, 1.165) is 0 Å². The van der Waals surface area contributed by atoms with Crippen LogP contribution in [0, 0.1) is 0 Å². The Labute approximate surface area is 119 Å². The molecule has 0 spiro atoms. The number of imidazole rings is 1. The van der Waals surface area contributed by atoms with Crippen molar-refractivity contribution in [3.63, 3.8) is 0 Å². The normalized spacial score (nSPS) is 10.4. The molecule has 7 nitrogen and oxygen atoms in total. The fourth-order valence-electron chi connectivity index (χ4n) is 1.57. The van der Waals surface area contributed by atoms with Crippen LogP contribution in [-0.4, -0.2) is 38.1 Å². The highest BCUT2D eigenvalue weighted by Crippen LogP contribution is 2.09. The summed E-state index contributed by atoms with van der Waals surface area (Å²) in [5, 5.41) is 13.7. The Hall–Kier alpha value is -2.22. The summed E-state index contributed by atoms with van der Waals surface area (Å²) >= 11 is 1.29. The zero-order chi connectivity index (χ0) is 14.4. The van der Waals surface area contributed by atoms with E-state index in [4.69, 9.17) is 5.11 Å². The van der Waals surface area contributed by atoms with Crippen molar-refractivity contribution in [1.82, 2.24) is 19.9 Å². The minimum Gasteiger partial charge on any atom is -0.476 e. The number of aromatic nitrogens is 3. The van der Waals surface area contributed by atoms with Crippen LogP contribution in [0.15, 0.2) is 24.1 Å². The highest BCUT2D eigenvalue weighted by molar-refractivity contribution is 7.09. The minimum atomic E-state index is -1.03. The maximum Gasteiger partial charge on any atom is 0.355 e. The Morgan fingerprint density at radius 3 is 2.95 bits per heavy atom. The molecule has 0 aliphatic rings. The first-order valence-corrected chi connectivity index (χ1v) is 6.93. The molecule has 0 saturated heterocycles. The van der Waals surface area contributed by atoms with E-state index in [1.165, 1.54) is 16.7 Å². The predicted molar refractivity (Wildman–Crippen MR) is 72.6 cm³/mol. The third-order valence-electron chi connectivity index (χ3n) is 2.59. The van der Waals surface area contributed by atoms with Crippen molar-refractivity contribution in [3.8, 4) is 0 Å². The second-order valence-electron chi connectivity index (χ2n) is 4.08. The van der Waals surface area contributed by atoms with Crippen LogP contribution in [0.3, 0.4) is 0 Å². The average Bonchev–Trinajstić information content (AvgIpc) is 3.07. The Morgan fingerprint density at radius 2 is 2.30 bits per heavy atom. The van der Waals surface area contributed by atoms with E-state index >= 15 is 0 Å². The lowest BCUT2D eigenvalue weighted by atomic mass is 10.3. The van der Waals surface area contributed by atoms with Crippen LogP contribution in [0.2, 0.25) is 0 Å². The number of carboxylic acid groups (broad SMARTS) is 1. The molecule has 0 radical (unpaired) electrons. The van der Waals surface area contributed by atoms with Gasteiger partial charge in [0.25, 0.3) is 0 Å². The van der Waals surface area contributed by atoms with Gasteiger partial charge in [-0.2, -0.15) is 0 Å². The van der Waals surface area contributed by atoms with Gasteiger partial charge in [0, 0.05) is 43.7 Å². The number of rotatable bonds is 7. The lowest BCUT2D eigenvalue weighted by Gasteiger charge is -2.04. The molecule has 2 aromatic heterocycles. The van der Waals surface area contributed by atoms with Crippen LogP contribution in [0.25, 0.3) is 0 Å². The van der Waals surface area contributed by atoms with Crippen LogP contribution in [-0.2, 0) is 17.8 Å². The molecule has 2 heterocycles. The second-order valence-corrected chi connectivity index (χ2v) is 5.02. The number of hydrogen-bond donors (Lipinski definition) is 2. The average molecular weight is 294 g/mol. The summed E-state index contributed by atoms with van der Waals surface area (Å²) in [6.07, 6.45) is 6.05. The van der Waals surface area contributed by atoms with E-state index in [2.05, 4.69) is 15.3 Å². The molecule has 2 N–H and O–H groups in total. The number of nitrogens with one attached hydrogen (secondary N) is 1. The molecule has 8 heteroatoms. The van der Waals surface area contributed by atoms with Gasteiger partial charge in [-0.25, -0.2) is 14.8 Å². The molecule has 1 amide bonds. The SMILES string of the molecule is O=C(CCn1ccnc1)NCCc1nc(C(=O)O)cs1. The van der Waals surface area contributed by atoms with Gasteiger partial charge in [-0.05, 0) is 0 Å². The molecule has 0 fully saturated rings. The largest absolute Gasteiger partial charge is 0.476 e. The maximum absolute atomic E-state index is 11.6. The van der Waals surface area contributed by atoms with E-state index < -0.39 is 5.97 Å². The fraction of sp³-hybridized carbons (Fsp3) is 0.333. The summed E-state index contributed by atoms with van der Waals surface area (Å²) in [5.74, 6) is -1.08. The van der Waals surface area contributed by atoms with Crippen LogP contribution in [0.1, 0.15) is 21.9 Å². The number of hydrogen-bond acceptors (Lipinski definition) is 5. The monoisotopic (exact) mass is 294 g/mol. The standard InChI is InChI=1S/C12H14N4O3S/c17-10(2-5-16-6-4-13-8-16)14-3-1-11-15-9(7-20-11)12(18)19/h4,6-8H,1-3,5H2,(H,14,17)(H,18,19). The Morgan fingerprint density at radius 1 is 1.45 bits per heavy atom. The van der Waals surface area contributed by atoms with E-state index in [1.54, 1.807) is 18.7 Å². The zero-order valence-electron chi connectivity index (χ0n) is 10.7. The second kappa shape index (κ2) is 6.80. The van der Waals surface area contributed by atoms with Crippen molar-refractivity contribution in [3.05, 3.63) is 34.8 Å². The Bertz CT molecular complexity index is 579. The van der Waals surface area contributed by atoms with Crippen molar-refractivity contribution in [1.29, 1.82) is 0 Å². The molecule has 0 aliphatic heterocycles. The van der Waals surface area contributed by atoms with E-state index in [0.29, 0.717) is 30.9 Å². The van der Waals surface area contributed by atoms with Crippen molar-refractivity contribution in [2.45, 2.75) is 19.4 Å². The maximum atomic E-state index is 11.6. The summed E-state index contributed by atoms with van der Waals surface area (Å²) in [5.41, 5.74) is 0.0523. The molecular weight excluding hydrogens is 280 g/mol. The van der Waals surface area contributed by atoms with Crippen molar-refractivity contribution in [2.75, 3.05) is 6.54 Å². The van der Waals surface area contributed by atoms with Crippen molar-refractivity contribution < 1.29 is 14.7 Å². The molecule has 106 valence electrons. The highest BCUT2D eigenvalue weighted by atomic mass is 32.1. The first-order chi connectivity index (χ1) is 9.65. The third kappa shape index (κ3) is 4.16. The number of aryl methyl sites for hydroxylation is 1. The summed E-state index contributed by atoms with van der Waals surface area (Å²) in [4.78, 5) is 30.1. The highest BCUT2D eigenvalue weighted by Gasteiger charge is 2.08. The van der Waals surface area contributed by atoms with Gasteiger partial charge in [-0.1, -0.05) is 0 Å². The predicted octanol–water partition coefficient (Wildman–Crippen LogP) is 0.787. The Balaban J connectivity index is 1.67. The molecule has 0 aliphatic carbocycles. The van der Waals surface area contributed by atoms with Crippen LogP contribution >= 0.6 is 11.3 Å². The molecule has 2 aromatic rings. The van der Waals surface area contributed by atoms with E-state index in [1.807, 2.05) is 4.57 Å². The van der Waals surface area contributed by atoms with Gasteiger partial charge in [0.2, 0.25) is 5.91 Å². The third-order valence-corrected chi connectivity index (χ3v) is 3.50. The number of aromatic carboxylic acids is 1. The van der Waals surface area contributed by atoms with Gasteiger partial charge in [0.05, 0.1) is 11.3 Å². The van der Waals surface area contributed by atoms with Gasteiger partial charge < -0.3 is 15.0 Å². The number of amides is 1. The number of nitrogens with zero attached hydrogens (tertiary/aromatic N) is 3. The minimum absolute atomic E-state index is 0.0475. The van der Waals surface area contributed by atoms with Crippen molar-refractivity contribution >= 4 is 23.2 Å². The Kier molecular flexibility index (Phi) is 4.83. The van der Waals surface area contributed by atoms with Gasteiger partial charge >= 0.3 is 5.97 Å². The fourth-order valence-corrected chi connectivity index (χ4v) is 2.34. The topological polar surface area (TPSA) is 97.1 Å². The van der Waals surface area contributed by atoms with Gasteiger partial charge in [-0.15, -0.1) is 11.3 Å². The molecular formula is C12H14N4O3S. The summed E-state index contributed by atoms with van der Waals surface area (Å²) in [7, 11) is 0. The number of carboxylic acids is 1. The van der Waals surface area contributed by atoms with Gasteiger partial charge in [0.15, 0.2) is 5.69 Å². The molecule has 20 heavy (non-hydrogen) atoms. The number of thiazole rings is 1. The first kappa shape index (κ1) is 14.2. The molecule has 2 rings (SSSR count).